The summed E-state index contributed by atoms with van der Waals surface area (Å²) in [4.78, 5) is 10.3. The molecule has 1 aromatic rings. The number of rotatable bonds is 5. The predicted molar refractivity (Wildman–Crippen MR) is 87.4 cm³/mol. The summed E-state index contributed by atoms with van der Waals surface area (Å²) in [6, 6.07) is 4.42. The summed E-state index contributed by atoms with van der Waals surface area (Å²) in [5.74, 6) is 0.364. The van der Waals surface area contributed by atoms with E-state index in [4.69, 9.17) is 21.7 Å². The quantitative estimate of drug-likeness (QED) is 0.488. The fraction of sp³-hybridized carbons (Fsp3) is 0.500. The minimum absolute atomic E-state index is 0.0333. The maximum Gasteiger partial charge on any atom is 0.273 e. The standard InChI is InChI=1S/C14H19N3O4S/c1-9(12-4-3-7-21-12)15-14(22)16-11-6-5-10(17(18)19)8-13(11)20-2/h5-6,8-9,12H,3-4,7H2,1-2H3,(H2,15,16,22)/t9-,12-/m1/s1. The second-order valence-corrected chi connectivity index (χ2v) is 5.49. The van der Waals surface area contributed by atoms with Crippen LogP contribution in [0.2, 0.25) is 0 Å². The lowest BCUT2D eigenvalue weighted by atomic mass is 10.1. The molecule has 0 amide bonds. The molecular formula is C14H19N3O4S. The molecule has 1 fully saturated rings. The van der Waals surface area contributed by atoms with Gasteiger partial charge in [-0.1, -0.05) is 0 Å². The van der Waals surface area contributed by atoms with Gasteiger partial charge in [-0.05, 0) is 38.0 Å². The molecule has 1 heterocycles. The first-order valence-electron chi connectivity index (χ1n) is 7.03. The van der Waals surface area contributed by atoms with Crippen LogP contribution in [-0.2, 0) is 4.74 Å². The summed E-state index contributed by atoms with van der Waals surface area (Å²) in [7, 11) is 1.45. The first-order chi connectivity index (χ1) is 10.5. The zero-order chi connectivity index (χ0) is 16.1. The third-order valence-electron chi connectivity index (χ3n) is 3.53. The van der Waals surface area contributed by atoms with Crippen LogP contribution in [0, 0.1) is 10.1 Å². The monoisotopic (exact) mass is 325 g/mol. The van der Waals surface area contributed by atoms with Gasteiger partial charge in [0.05, 0.1) is 35.9 Å². The van der Waals surface area contributed by atoms with Crippen LogP contribution in [0.15, 0.2) is 18.2 Å². The van der Waals surface area contributed by atoms with Crippen LogP contribution in [0.25, 0.3) is 0 Å². The predicted octanol–water partition coefficient (Wildman–Crippen LogP) is 2.46. The summed E-state index contributed by atoms with van der Waals surface area (Å²) in [6.45, 7) is 2.80. The summed E-state index contributed by atoms with van der Waals surface area (Å²) >= 11 is 5.27. The van der Waals surface area contributed by atoms with Crippen molar-refractivity contribution in [3.63, 3.8) is 0 Å². The third kappa shape index (κ3) is 4.05. The highest BCUT2D eigenvalue weighted by molar-refractivity contribution is 7.80. The molecule has 0 radical (unpaired) electrons. The molecule has 1 aliphatic rings. The van der Waals surface area contributed by atoms with Crippen molar-refractivity contribution in [2.24, 2.45) is 0 Å². The van der Waals surface area contributed by atoms with Gasteiger partial charge < -0.3 is 20.1 Å². The highest BCUT2D eigenvalue weighted by Crippen LogP contribution is 2.29. The van der Waals surface area contributed by atoms with Gasteiger partial charge in [-0.2, -0.15) is 0 Å². The number of nitrogens with zero attached hydrogens (tertiary/aromatic N) is 1. The van der Waals surface area contributed by atoms with Crippen molar-refractivity contribution in [1.29, 1.82) is 0 Å². The first kappa shape index (κ1) is 16.4. The molecule has 1 aliphatic heterocycles. The topological polar surface area (TPSA) is 85.7 Å². The molecule has 120 valence electrons. The Hall–Kier alpha value is -1.93. The Kier molecular flexibility index (Phi) is 5.51. The molecule has 0 aromatic heterocycles. The second kappa shape index (κ2) is 7.37. The van der Waals surface area contributed by atoms with Crippen molar-refractivity contribution >= 4 is 28.7 Å². The van der Waals surface area contributed by atoms with Crippen LogP contribution < -0.4 is 15.4 Å². The van der Waals surface area contributed by atoms with Crippen LogP contribution in [0.5, 0.6) is 5.75 Å². The molecule has 2 rings (SSSR count). The highest BCUT2D eigenvalue weighted by Gasteiger charge is 2.23. The minimum atomic E-state index is -0.470. The summed E-state index contributed by atoms with van der Waals surface area (Å²) in [6.07, 6.45) is 2.23. The van der Waals surface area contributed by atoms with E-state index in [-0.39, 0.29) is 17.8 Å². The molecule has 0 bridgehead atoms. The van der Waals surface area contributed by atoms with Crippen molar-refractivity contribution in [3.05, 3.63) is 28.3 Å². The molecule has 22 heavy (non-hydrogen) atoms. The molecule has 0 unspecified atom stereocenters. The molecule has 8 heteroatoms. The fourth-order valence-corrected chi connectivity index (χ4v) is 2.65. The van der Waals surface area contributed by atoms with Gasteiger partial charge >= 0.3 is 0 Å². The van der Waals surface area contributed by atoms with Gasteiger partial charge in [-0.3, -0.25) is 10.1 Å². The van der Waals surface area contributed by atoms with E-state index in [1.54, 1.807) is 6.07 Å². The number of thiocarbonyl (C=S) groups is 1. The average molecular weight is 325 g/mol. The van der Waals surface area contributed by atoms with Gasteiger partial charge in [0, 0.05) is 12.7 Å². The van der Waals surface area contributed by atoms with E-state index in [1.165, 1.54) is 19.2 Å². The van der Waals surface area contributed by atoms with E-state index in [0.29, 0.717) is 16.5 Å². The van der Waals surface area contributed by atoms with Crippen molar-refractivity contribution in [1.82, 2.24) is 5.32 Å². The lowest BCUT2D eigenvalue weighted by Gasteiger charge is -2.22. The third-order valence-corrected chi connectivity index (χ3v) is 3.75. The SMILES string of the molecule is COc1cc([N+](=O)[O-])ccc1NC(=S)N[C@H](C)[C@H]1CCCO1. The lowest BCUT2D eigenvalue weighted by Crippen LogP contribution is -2.42. The molecule has 0 aliphatic carbocycles. The molecule has 1 saturated heterocycles. The van der Waals surface area contributed by atoms with Crippen LogP contribution >= 0.6 is 12.2 Å². The molecule has 0 saturated carbocycles. The Morgan fingerprint density at radius 2 is 2.36 bits per heavy atom. The number of anilines is 1. The normalized spacial score (nSPS) is 18.5. The summed E-state index contributed by atoms with van der Waals surface area (Å²) < 4.78 is 10.8. The average Bonchev–Trinajstić information content (AvgIpc) is 3.01. The van der Waals surface area contributed by atoms with Crippen LogP contribution in [-0.4, -0.2) is 35.9 Å². The molecule has 2 atom stereocenters. The Labute approximate surface area is 134 Å². The van der Waals surface area contributed by atoms with Crippen molar-refractivity contribution in [2.75, 3.05) is 19.0 Å². The Bertz CT molecular complexity index is 561. The van der Waals surface area contributed by atoms with E-state index >= 15 is 0 Å². The zero-order valence-electron chi connectivity index (χ0n) is 12.5. The minimum Gasteiger partial charge on any atom is -0.494 e. The van der Waals surface area contributed by atoms with Gasteiger partial charge in [0.1, 0.15) is 5.75 Å². The number of hydrogen-bond acceptors (Lipinski definition) is 5. The molecule has 1 aromatic carbocycles. The number of non-ortho nitro benzene ring substituents is 1. The number of nitro groups is 1. The van der Waals surface area contributed by atoms with Crippen LogP contribution in [0.1, 0.15) is 19.8 Å². The van der Waals surface area contributed by atoms with Crippen molar-refractivity contribution < 1.29 is 14.4 Å². The van der Waals surface area contributed by atoms with Crippen molar-refractivity contribution in [2.45, 2.75) is 31.9 Å². The van der Waals surface area contributed by atoms with Crippen molar-refractivity contribution in [3.8, 4) is 5.75 Å². The Morgan fingerprint density at radius 1 is 1.59 bits per heavy atom. The molecular weight excluding hydrogens is 306 g/mol. The number of benzene rings is 1. The number of ether oxygens (including phenoxy) is 2. The number of nitrogens with one attached hydrogen (secondary N) is 2. The maximum atomic E-state index is 10.8. The highest BCUT2D eigenvalue weighted by atomic mass is 32.1. The smallest absolute Gasteiger partial charge is 0.273 e. The summed E-state index contributed by atoms with van der Waals surface area (Å²) in [5.41, 5.74) is 0.541. The number of methoxy groups -OCH3 is 1. The van der Waals surface area contributed by atoms with Gasteiger partial charge in [-0.15, -0.1) is 0 Å². The molecule has 0 spiro atoms. The van der Waals surface area contributed by atoms with E-state index in [0.717, 1.165) is 19.4 Å². The molecule has 2 N–H and O–H groups in total. The van der Waals surface area contributed by atoms with E-state index in [9.17, 15) is 10.1 Å². The number of nitro benzene ring substituents is 1. The van der Waals surface area contributed by atoms with E-state index < -0.39 is 4.92 Å². The zero-order valence-corrected chi connectivity index (χ0v) is 13.3. The Morgan fingerprint density at radius 3 is 2.95 bits per heavy atom. The van der Waals surface area contributed by atoms with Gasteiger partial charge in [-0.25, -0.2) is 0 Å². The fourth-order valence-electron chi connectivity index (χ4n) is 2.35. The van der Waals surface area contributed by atoms with Crippen LogP contribution in [0.4, 0.5) is 11.4 Å². The van der Waals surface area contributed by atoms with E-state index in [1.807, 2.05) is 6.92 Å². The maximum absolute atomic E-state index is 10.8. The number of hydrogen-bond donors (Lipinski definition) is 2. The second-order valence-electron chi connectivity index (χ2n) is 5.08. The van der Waals surface area contributed by atoms with E-state index in [2.05, 4.69) is 10.6 Å². The van der Waals surface area contributed by atoms with Gasteiger partial charge in [0.2, 0.25) is 0 Å². The summed E-state index contributed by atoms with van der Waals surface area (Å²) in [5, 5.41) is 17.4. The molecule has 7 nitrogen and oxygen atoms in total. The largest absolute Gasteiger partial charge is 0.494 e. The van der Waals surface area contributed by atoms with Crippen LogP contribution in [0.3, 0.4) is 0 Å². The lowest BCUT2D eigenvalue weighted by molar-refractivity contribution is -0.384. The Balaban J connectivity index is 1.99. The van der Waals surface area contributed by atoms with Gasteiger partial charge in [0.25, 0.3) is 5.69 Å². The van der Waals surface area contributed by atoms with Gasteiger partial charge in [0.15, 0.2) is 5.11 Å². The first-order valence-corrected chi connectivity index (χ1v) is 7.43.